The second-order valence-corrected chi connectivity index (χ2v) is 5.16. The van der Waals surface area contributed by atoms with Gasteiger partial charge in [-0.15, -0.1) is 0 Å². The number of carbonyl (C=O) groups excluding carboxylic acids is 1. The van der Waals surface area contributed by atoms with Gasteiger partial charge in [-0.25, -0.2) is 0 Å². The lowest BCUT2D eigenvalue weighted by molar-refractivity contribution is -0.144. The van der Waals surface area contributed by atoms with Crippen molar-refractivity contribution in [3.63, 3.8) is 0 Å². The molecule has 0 saturated heterocycles. The molecule has 0 saturated carbocycles. The highest BCUT2D eigenvalue weighted by Crippen LogP contribution is 2.23. The van der Waals surface area contributed by atoms with Crippen LogP contribution in [0.5, 0.6) is 5.75 Å². The monoisotopic (exact) mass is 250 g/mol. The first-order valence-corrected chi connectivity index (χ1v) is 6.35. The van der Waals surface area contributed by atoms with E-state index in [1.165, 1.54) is 0 Å². The van der Waals surface area contributed by atoms with Crippen LogP contribution in [-0.4, -0.2) is 17.7 Å². The molecule has 0 radical (unpaired) electrons. The zero-order chi connectivity index (χ0) is 13.7. The number of aromatic hydroxyl groups is 1. The van der Waals surface area contributed by atoms with Crippen LogP contribution >= 0.6 is 0 Å². The average molecular weight is 250 g/mol. The molecule has 0 unspecified atom stereocenters. The Morgan fingerprint density at radius 3 is 2.33 bits per heavy atom. The van der Waals surface area contributed by atoms with Crippen molar-refractivity contribution in [1.29, 1.82) is 0 Å². The summed E-state index contributed by atoms with van der Waals surface area (Å²) >= 11 is 0. The summed E-state index contributed by atoms with van der Waals surface area (Å²) in [6.45, 7) is 8.23. The SMILES string of the molecule is Cc1cc(CCC(=O)OCC(C)C)cc(C)c1O. The molecule has 18 heavy (non-hydrogen) atoms. The Balaban J connectivity index is 2.51. The smallest absolute Gasteiger partial charge is 0.306 e. The molecule has 0 fully saturated rings. The predicted molar refractivity (Wildman–Crippen MR) is 71.7 cm³/mol. The van der Waals surface area contributed by atoms with Crippen molar-refractivity contribution in [3.8, 4) is 5.75 Å². The van der Waals surface area contributed by atoms with Gasteiger partial charge in [0.15, 0.2) is 0 Å². The largest absolute Gasteiger partial charge is 0.507 e. The van der Waals surface area contributed by atoms with Crippen molar-refractivity contribution in [2.24, 2.45) is 5.92 Å². The maximum absolute atomic E-state index is 11.5. The van der Waals surface area contributed by atoms with E-state index < -0.39 is 0 Å². The third-order valence-electron chi connectivity index (χ3n) is 2.75. The van der Waals surface area contributed by atoms with Crippen molar-refractivity contribution in [2.45, 2.75) is 40.5 Å². The summed E-state index contributed by atoms with van der Waals surface area (Å²) < 4.78 is 5.12. The van der Waals surface area contributed by atoms with E-state index in [9.17, 15) is 9.90 Å². The highest BCUT2D eigenvalue weighted by Gasteiger charge is 2.07. The number of ether oxygens (including phenoxy) is 1. The fraction of sp³-hybridized carbons (Fsp3) is 0.533. The second kappa shape index (κ2) is 6.43. The number of hydrogen-bond donors (Lipinski definition) is 1. The van der Waals surface area contributed by atoms with Crippen LogP contribution < -0.4 is 0 Å². The normalized spacial score (nSPS) is 10.7. The first-order valence-electron chi connectivity index (χ1n) is 6.35. The van der Waals surface area contributed by atoms with Gasteiger partial charge in [0.25, 0.3) is 0 Å². The molecule has 1 aromatic rings. The average Bonchev–Trinajstić information content (AvgIpc) is 2.30. The lowest BCUT2D eigenvalue weighted by Crippen LogP contribution is -2.10. The van der Waals surface area contributed by atoms with E-state index in [1.54, 1.807) is 0 Å². The molecule has 0 spiro atoms. The van der Waals surface area contributed by atoms with Gasteiger partial charge < -0.3 is 9.84 Å². The van der Waals surface area contributed by atoms with Crippen molar-refractivity contribution < 1.29 is 14.6 Å². The quantitative estimate of drug-likeness (QED) is 0.817. The summed E-state index contributed by atoms with van der Waals surface area (Å²) in [6.07, 6.45) is 1.04. The molecule has 0 atom stereocenters. The summed E-state index contributed by atoms with van der Waals surface area (Å²) in [5.74, 6) is 0.542. The number of rotatable bonds is 5. The number of phenols is 1. The van der Waals surface area contributed by atoms with Crippen LogP contribution in [0, 0.1) is 19.8 Å². The Labute approximate surface area is 109 Å². The van der Waals surface area contributed by atoms with Gasteiger partial charge in [0.05, 0.1) is 6.61 Å². The number of esters is 1. The maximum atomic E-state index is 11.5. The first-order chi connectivity index (χ1) is 8.40. The molecule has 1 rings (SSSR count). The van der Waals surface area contributed by atoms with E-state index in [1.807, 2.05) is 39.8 Å². The summed E-state index contributed by atoms with van der Waals surface area (Å²) in [5, 5.41) is 9.66. The minimum atomic E-state index is -0.160. The summed E-state index contributed by atoms with van der Waals surface area (Å²) in [5.41, 5.74) is 2.75. The number of phenolic OH excluding ortho intramolecular Hbond substituents is 1. The van der Waals surface area contributed by atoms with Gasteiger partial charge in [-0.3, -0.25) is 4.79 Å². The molecule has 0 aliphatic heterocycles. The second-order valence-electron chi connectivity index (χ2n) is 5.16. The van der Waals surface area contributed by atoms with Gasteiger partial charge in [-0.2, -0.15) is 0 Å². The van der Waals surface area contributed by atoms with E-state index in [0.717, 1.165) is 16.7 Å². The Bertz CT molecular complexity index is 399. The van der Waals surface area contributed by atoms with Gasteiger partial charge in [-0.05, 0) is 42.9 Å². The molecule has 0 aromatic heterocycles. The van der Waals surface area contributed by atoms with Crippen LogP contribution in [0.2, 0.25) is 0 Å². The molecule has 0 amide bonds. The van der Waals surface area contributed by atoms with E-state index in [0.29, 0.717) is 31.1 Å². The van der Waals surface area contributed by atoms with Gasteiger partial charge in [0, 0.05) is 6.42 Å². The zero-order valence-electron chi connectivity index (χ0n) is 11.6. The molecular formula is C15H22O3. The van der Waals surface area contributed by atoms with Gasteiger partial charge in [0.1, 0.15) is 5.75 Å². The molecule has 3 heteroatoms. The van der Waals surface area contributed by atoms with Crippen LogP contribution in [0.1, 0.15) is 37.0 Å². The van der Waals surface area contributed by atoms with Gasteiger partial charge >= 0.3 is 5.97 Å². The Kier molecular flexibility index (Phi) is 5.20. The number of benzene rings is 1. The number of carbonyl (C=O) groups is 1. The van der Waals surface area contributed by atoms with Crippen LogP contribution in [0.3, 0.4) is 0 Å². The predicted octanol–water partition coefficient (Wildman–Crippen LogP) is 3.14. The van der Waals surface area contributed by atoms with Crippen LogP contribution in [0.15, 0.2) is 12.1 Å². The molecule has 100 valence electrons. The minimum absolute atomic E-state index is 0.160. The number of hydrogen-bond acceptors (Lipinski definition) is 3. The van der Waals surface area contributed by atoms with Gasteiger partial charge in [0.2, 0.25) is 0 Å². The molecule has 1 aromatic carbocycles. The third-order valence-corrected chi connectivity index (χ3v) is 2.75. The van der Waals surface area contributed by atoms with E-state index in [2.05, 4.69) is 0 Å². The van der Waals surface area contributed by atoms with Crippen LogP contribution in [0.25, 0.3) is 0 Å². The Morgan fingerprint density at radius 2 is 1.83 bits per heavy atom. The van der Waals surface area contributed by atoms with Crippen molar-refractivity contribution in [1.82, 2.24) is 0 Å². The fourth-order valence-corrected chi connectivity index (χ4v) is 1.77. The molecule has 3 nitrogen and oxygen atoms in total. The van der Waals surface area contributed by atoms with Gasteiger partial charge in [-0.1, -0.05) is 26.0 Å². The zero-order valence-corrected chi connectivity index (χ0v) is 11.6. The molecule has 1 N–H and O–H groups in total. The standard InChI is InChI=1S/C15H22O3/c1-10(2)9-18-14(16)6-5-13-7-11(3)15(17)12(4)8-13/h7-8,10,17H,5-6,9H2,1-4H3. The Morgan fingerprint density at radius 1 is 1.28 bits per heavy atom. The molecular weight excluding hydrogens is 228 g/mol. The van der Waals surface area contributed by atoms with Crippen LogP contribution in [0.4, 0.5) is 0 Å². The Hall–Kier alpha value is -1.51. The van der Waals surface area contributed by atoms with E-state index >= 15 is 0 Å². The van der Waals surface area contributed by atoms with Crippen molar-refractivity contribution >= 4 is 5.97 Å². The lowest BCUT2D eigenvalue weighted by atomic mass is 10.0. The minimum Gasteiger partial charge on any atom is -0.507 e. The fourth-order valence-electron chi connectivity index (χ4n) is 1.77. The highest BCUT2D eigenvalue weighted by molar-refractivity contribution is 5.69. The molecule has 0 aliphatic rings. The summed E-state index contributed by atoms with van der Waals surface area (Å²) in [6, 6.07) is 3.83. The molecule has 0 aliphatic carbocycles. The lowest BCUT2D eigenvalue weighted by Gasteiger charge is -2.09. The first kappa shape index (κ1) is 14.6. The number of aryl methyl sites for hydroxylation is 3. The van der Waals surface area contributed by atoms with E-state index in [4.69, 9.17) is 4.74 Å². The maximum Gasteiger partial charge on any atom is 0.306 e. The third kappa shape index (κ3) is 4.40. The summed E-state index contributed by atoms with van der Waals surface area (Å²) in [7, 11) is 0. The molecule has 0 bridgehead atoms. The van der Waals surface area contributed by atoms with Crippen molar-refractivity contribution in [3.05, 3.63) is 28.8 Å². The molecule has 0 heterocycles. The van der Waals surface area contributed by atoms with Crippen LogP contribution in [-0.2, 0) is 16.0 Å². The summed E-state index contributed by atoms with van der Waals surface area (Å²) in [4.78, 5) is 11.5. The van der Waals surface area contributed by atoms with E-state index in [-0.39, 0.29) is 5.97 Å². The topological polar surface area (TPSA) is 46.5 Å². The highest BCUT2D eigenvalue weighted by atomic mass is 16.5. The van der Waals surface area contributed by atoms with Crippen molar-refractivity contribution in [2.75, 3.05) is 6.61 Å².